The molecule has 0 saturated heterocycles. The number of carbonyl (C=O) groups is 2. The highest BCUT2D eigenvalue weighted by molar-refractivity contribution is 6.03. The fraction of sp³-hybridized carbons (Fsp3) is 0.125. The van der Waals surface area contributed by atoms with Gasteiger partial charge in [-0.15, -0.1) is 0 Å². The minimum absolute atomic E-state index is 0.0276. The van der Waals surface area contributed by atoms with Gasteiger partial charge < -0.3 is 16.2 Å². The number of rotatable bonds is 6. The number of pyridine rings is 1. The summed E-state index contributed by atoms with van der Waals surface area (Å²) in [6, 6.07) is 15.3. The summed E-state index contributed by atoms with van der Waals surface area (Å²) in [6.07, 6.45) is -3.00. The molecule has 2 heterocycles. The maximum absolute atomic E-state index is 13.6. The normalized spacial score (nSPS) is 12.5. The molecule has 174 valence electrons. The standard InChI is InChI=1S/C24H19F3N4O3/c25-24(26,27)17-9-2-1-8-16(17)20-19-10-3-4-11-31(19)21(30-20)22(32)29-15-7-5-6-14(12-15)13-18(28)23(33)34/h1-12,18H,13,28H2,(H,29,32)(H,33,34). The second kappa shape index (κ2) is 8.99. The number of hydrogen-bond acceptors (Lipinski definition) is 4. The van der Waals surface area contributed by atoms with Crippen LogP contribution in [0.2, 0.25) is 0 Å². The lowest BCUT2D eigenvalue weighted by Crippen LogP contribution is -2.32. The first-order chi connectivity index (χ1) is 16.1. The van der Waals surface area contributed by atoms with Crippen LogP contribution < -0.4 is 11.1 Å². The van der Waals surface area contributed by atoms with Crippen LogP contribution in [0.15, 0.2) is 72.9 Å². The molecule has 0 spiro atoms. The van der Waals surface area contributed by atoms with E-state index in [2.05, 4.69) is 10.3 Å². The SMILES string of the molecule is NC(Cc1cccc(NC(=O)c2nc(-c3ccccc3C(F)(F)F)c3ccccn23)c1)C(=O)O. The number of aliphatic carboxylic acids is 1. The molecule has 4 N–H and O–H groups in total. The zero-order valence-corrected chi connectivity index (χ0v) is 17.6. The highest BCUT2D eigenvalue weighted by atomic mass is 19.4. The number of nitrogens with one attached hydrogen (secondary N) is 1. The molecule has 4 rings (SSSR count). The molecule has 1 atom stereocenters. The Kier molecular flexibility index (Phi) is 6.08. The summed E-state index contributed by atoms with van der Waals surface area (Å²) in [5.41, 5.74) is 5.91. The summed E-state index contributed by atoms with van der Waals surface area (Å²) < 4.78 is 42.2. The Morgan fingerprint density at radius 3 is 2.53 bits per heavy atom. The van der Waals surface area contributed by atoms with Crippen LogP contribution in [0.3, 0.4) is 0 Å². The van der Waals surface area contributed by atoms with Gasteiger partial charge in [0, 0.05) is 17.4 Å². The molecule has 1 amide bonds. The van der Waals surface area contributed by atoms with Crippen LogP contribution >= 0.6 is 0 Å². The van der Waals surface area contributed by atoms with Crippen LogP contribution in [0.1, 0.15) is 21.7 Å². The third kappa shape index (κ3) is 4.62. The third-order valence-electron chi connectivity index (χ3n) is 5.20. The number of benzene rings is 2. The number of imidazole rings is 1. The van der Waals surface area contributed by atoms with E-state index in [1.54, 1.807) is 48.7 Å². The van der Waals surface area contributed by atoms with Crippen LogP contribution in [-0.2, 0) is 17.4 Å². The molecule has 0 aliphatic heterocycles. The van der Waals surface area contributed by atoms with Crippen molar-refractivity contribution in [1.82, 2.24) is 9.38 Å². The van der Waals surface area contributed by atoms with E-state index < -0.39 is 29.7 Å². The fourth-order valence-corrected chi connectivity index (χ4v) is 3.64. The lowest BCUT2D eigenvalue weighted by molar-refractivity contribution is -0.138. The van der Waals surface area contributed by atoms with Crippen LogP contribution in [0.25, 0.3) is 16.8 Å². The van der Waals surface area contributed by atoms with Gasteiger partial charge in [-0.2, -0.15) is 13.2 Å². The second-order valence-corrected chi connectivity index (χ2v) is 7.59. The fourth-order valence-electron chi connectivity index (χ4n) is 3.64. The summed E-state index contributed by atoms with van der Waals surface area (Å²) in [7, 11) is 0. The Morgan fingerprint density at radius 2 is 1.79 bits per heavy atom. The van der Waals surface area contributed by atoms with Crippen LogP contribution in [-0.4, -0.2) is 32.4 Å². The monoisotopic (exact) mass is 468 g/mol. The molecule has 0 radical (unpaired) electrons. The molecule has 0 aliphatic rings. The van der Waals surface area contributed by atoms with Crippen LogP contribution in [0, 0.1) is 0 Å². The van der Waals surface area contributed by atoms with Crippen molar-refractivity contribution < 1.29 is 27.9 Å². The zero-order valence-electron chi connectivity index (χ0n) is 17.6. The summed E-state index contributed by atoms with van der Waals surface area (Å²) in [4.78, 5) is 28.3. The molecule has 0 fully saturated rings. The zero-order chi connectivity index (χ0) is 24.5. The van der Waals surface area contributed by atoms with E-state index >= 15 is 0 Å². The molecule has 0 aliphatic carbocycles. The Hall–Kier alpha value is -4.18. The van der Waals surface area contributed by atoms with Gasteiger partial charge in [-0.3, -0.25) is 14.0 Å². The van der Waals surface area contributed by atoms with Crippen molar-refractivity contribution in [3.63, 3.8) is 0 Å². The van der Waals surface area contributed by atoms with E-state index in [0.717, 1.165) is 6.07 Å². The van der Waals surface area contributed by atoms with E-state index in [1.165, 1.54) is 22.6 Å². The van der Waals surface area contributed by atoms with Gasteiger partial charge in [0.05, 0.1) is 16.8 Å². The van der Waals surface area contributed by atoms with E-state index in [0.29, 0.717) is 16.8 Å². The van der Waals surface area contributed by atoms with Crippen molar-refractivity contribution in [2.75, 3.05) is 5.32 Å². The quantitative estimate of drug-likeness (QED) is 0.392. The van der Waals surface area contributed by atoms with E-state index in [-0.39, 0.29) is 23.5 Å². The van der Waals surface area contributed by atoms with Gasteiger partial charge in [-0.1, -0.05) is 36.4 Å². The van der Waals surface area contributed by atoms with E-state index in [9.17, 15) is 22.8 Å². The maximum atomic E-state index is 13.6. The number of nitrogens with two attached hydrogens (primary N) is 1. The molecule has 10 heteroatoms. The Labute approximate surface area is 191 Å². The minimum atomic E-state index is -4.60. The Balaban J connectivity index is 1.71. The third-order valence-corrected chi connectivity index (χ3v) is 5.20. The van der Waals surface area contributed by atoms with Gasteiger partial charge in [0.15, 0.2) is 0 Å². The first-order valence-corrected chi connectivity index (χ1v) is 10.2. The van der Waals surface area contributed by atoms with E-state index in [1.807, 2.05) is 0 Å². The van der Waals surface area contributed by atoms with Crippen molar-refractivity contribution in [2.45, 2.75) is 18.6 Å². The highest BCUT2D eigenvalue weighted by Crippen LogP contribution is 2.38. The number of fused-ring (bicyclic) bond motifs is 1. The molecule has 2 aromatic heterocycles. The molecule has 4 aromatic rings. The number of anilines is 1. The summed E-state index contributed by atoms with van der Waals surface area (Å²) in [5, 5.41) is 11.7. The number of hydrogen-bond donors (Lipinski definition) is 3. The second-order valence-electron chi connectivity index (χ2n) is 7.59. The molecule has 2 aromatic carbocycles. The Bertz CT molecular complexity index is 1380. The van der Waals surface area contributed by atoms with Gasteiger partial charge in [0.2, 0.25) is 5.82 Å². The molecular formula is C24H19F3N4O3. The largest absolute Gasteiger partial charge is 0.480 e. The van der Waals surface area contributed by atoms with Gasteiger partial charge in [0.25, 0.3) is 5.91 Å². The lowest BCUT2D eigenvalue weighted by Gasteiger charge is -2.11. The van der Waals surface area contributed by atoms with Crippen molar-refractivity contribution in [2.24, 2.45) is 5.73 Å². The number of aromatic nitrogens is 2. The topological polar surface area (TPSA) is 110 Å². The number of carboxylic acids is 1. The van der Waals surface area contributed by atoms with Gasteiger partial charge in [-0.05, 0) is 42.3 Å². The average molecular weight is 468 g/mol. The van der Waals surface area contributed by atoms with Gasteiger partial charge in [0.1, 0.15) is 6.04 Å². The van der Waals surface area contributed by atoms with Crippen molar-refractivity contribution in [3.8, 4) is 11.3 Å². The molecule has 0 saturated carbocycles. The highest BCUT2D eigenvalue weighted by Gasteiger charge is 2.34. The molecule has 1 unspecified atom stereocenters. The van der Waals surface area contributed by atoms with Crippen LogP contribution in [0.4, 0.5) is 18.9 Å². The number of amides is 1. The summed E-state index contributed by atoms with van der Waals surface area (Å²) >= 11 is 0. The number of carboxylic acid groups (broad SMARTS) is 1. The molecule has 7 nitrogen and oxygen atoms in total. The van der Waals surface area contributed by atoms with Crippen molar-refractivity contribution >= 4 is 23.1 Å². The minimum Gasteiger partial charge on any atom is -0.480 e. The van der Waals surface area contributed by atoms with Crippen LogP contribution in [0.5, 0.6) is 0 Å². The van der Waals surface area contributed by atoms with E-state index in [4.69, 9.17) is 10.8 Å². The molecular weight excluding hydrogens is 449 g/mol. The number of halogens is 3. The number of nitrogens with zero attached hydrogens (tertiary/aromatic N) is 2. The molecule has 34 heavy (non-hydrogen) atoms. The van der Waals surface area contributed by atoms with Gasteiger partial charge >= 0.3 is 12.1 Å². The molecule has 0 bridgehead atoms. The summed E-state index contributed by atoms with van der Waals surface area (Å²) in [6.45, 7) is 0. The lowest BCUT2D eigenvalue weighted by atomic mass is 10.0. The maximum Gasteiger partial charge on any atom is 0.417 e. The Morgan fingerprint density at radius 1 is 1.06 bits per heavy atom. The average Bonchev–Trinajstić information content (AvgIpc) is 3.18. The number of carbonyl (C=O) groups excluding carboxylic acids is 1. The summed E-state index contributed by atoms with van der Waals surface area (Å²) in [5.74, 6) is -1.89. The predicted molar refractivity (Wildman–Crippen MR) is 119 cm³/mol. The van der Waals surface area contributed by atoms with Crippen molar-refractivity contribution in [3.05, 3.63) is 89.9 Å². The first-order valence-electron chi connectivity index (χ1n) is 10.2. The first kappa shape index (κ1) is 23.0. The smallest absolute Gasteiger partial charge is 0.417 e. The predicted octanol–water partition coefficient (Wildman–Crippen LogP) is 4.23. The van der Waals surface area contributed by atoms with Gasteiger partial charge in [-0.25, -0.2) is 4.98 Å². The van der Waals surface area contributed by atoms with Crippen molar-refractivity contribution in [1.29, 1.82) is 0 Å². The number of alkyl halides is 3.